The van der Waals surface area contributed by atoms with E-state index in [9.17, 15) is 4.39 Å². The summed E-state index contributed by atoms with van der Waals surface area (Å²) >= 11 is 9.45. The third-order valence-electron chi connectivity index (χ3n) is 3.98. The highest BCUT2D eigenvalue weighted by atomic mass is 79.9. The van der Waals surface area contributed by atoms with E-state index in [-0.39, 0.29) is 9.77 Å². The smallest absolute Gasteiger partial charge is 0.158 e. The molecule has 0 saturated heterocycles. The van der Waals surface area contributed by atoms with Crippen LogP contribution in [0.15, 0.2) is 52.2 Å². The molecule has 3 aromatic rings. The zero-order valence-electron chi connectivity index (χ0n) is 12.7. The van der Waals surface area contributed by atoms with Gasteiger partial charge in [0.1, 0.15) is 4.60 Å². The molecule has 122 valence electrons. The molecule has 1 aromatic carbocycles. The van der Waals surface area contributed by atoms with E-state index in [4.69, 9.17) is 16.9 Å². The Kier molecular flexibility index (Phi) is 3.91. The van der Waals surface area contributed by atoms with Crippen LogP contribution in [-0.2, 0) is 6.54 Å². The van der Waals surface area contributed by atoms with Crippen LogP contribution < -0.4 is 0 Å². The Morgan fingerprint density at radius 3 is 2.68 bits per heavy atom. The maximum atomic E-state index is 13.7. The van der Waals surface area contributed by atoms with Gasteiger partial charge >= 0.3 is 0 Å². The number of halogens is 3. The molecule has 0 N–H and O–H groups in total. The number of nitriles is 1. The van der Waals surface area contributed by atoms with Gasteiger partial charge in [-0.15, -0.1) is 0 Å². The highest BCUT2D eigenvalue weighted by molar-refractivity contribution is 9.10. The fourth-order valence-electron chi connectivity index (χ4n) is 2.74. The summed E-state index contributed by atoms with van der Waals surface area (Å²) in [5.74, 6) is -0.475. The highest BCUT2D eigenvalue weighted by Gasteiger charge is 2.19. The first-order chi connectivity index (χ1) is 12.0. The van der Waals surface area contributed by atoms with Gasteiger partial charge < -0.3 is 4.57 Å². The van der Waals surface area contributed by atoms with Crippen LogP contribution in [0.3, 0.4) is 0 Å². The first-order valence-corrected chi connectivity index (χ1v) is 8.52. The molecule has 0 unspecified atom stereocenters. The number of benzene rings is 1. The van der Waals surface area contributed by atoms with Crippen molar-refractivity contribution in [1.29, 1.82) is 5.26 Å². The standard InChI is InChI=1S/C18H9BrClFN4/c19-17-13(21)6-14-15(23-17)9-25-8-12(5-16(25)18(20)24-14)11-3-1-10(7-22)2-4-11/h1-6,8H,9H2. The Morgan fingerprint density at radius 1 is 1.20 bits per heavy atom. The summed E-state index contributed by atoms with van der Waals surface area (Å²) in [7, 11) is 0. The number of fused-ring (bicyclic) bond motifs is 2. The van der Waals surface area contributed by atoms with Gasteiger partial charge in [-0.2, -0.15) is 5.26 Å². The monoisotopic (exact) mass is 414 g/mol. The third kappa shape index (κ3) is 2.86. The van der Waals surface area contributed by atoms with Crippen LogP contribution in [0.1, 0.15) is 17.0 Å². The summed E-state index contributed by atoms with van der Waals surface area (Å²) in [6.45, 7) is 0.430. The van der Waals surface area contributed by atoms with Crippen molar-refractivity contribution in [2.75, 3.05) is 0 Å². The minimum atomic E-state index is -0.475. The second-order valence-corrected chi connectivity index (χ2v) is 6.67. The zero-order chi connectivity index (χ0) is 17.6. The van der Waals surface area contributed by atoms with Gasteiger partial charge in [-0.3, -0.25) is 0 Å². The maximum absolute atomic E-state index is 13.7. The average molecular weight is 416 g/mol. The van der Waals surface area contributed by atoms with Crippen molar-refractivity contribution in [3.8, 4) is 17.2 Å². The van der Waals surface area contributed by atoms with Crippen molar-refractivity contribution in [3.63, 3.8) is 0 Å². The quantitative estimate of drug-likeness (QED) is 0.525. The molecule has 7 heteroatoms. The summed E-state index contributed by atoms with van der Waals surface area (Å²) in [5, 5.41) is 9.19. The van der Waals surface area contributed by atoms with E-state index >= 15 is 0 Å². The number of aromatic nitrogens is 2. The second-order valence-electron chi connectivity index (χ2n) is 5.56. The van der Waals surface area contributed by atoms with E-state index in [1.165, 1.54) is 6.07 Å². The molecule has 4 rings (SSSR count). The minimum Gasteiger partial charge on any atom is -0.339 e. The fourth-order valence-corrected chi connectivity index (χ4v) is 3.32. The van der Waals surface area contributed by atoms with Crippen molar-refractivity contribution in [1.82, 2.24) is 9.55 Å². The summed E-state index contributed by atoms with van der Waals surface area (Å²) in [4.78, 5) is 8.54. The van der Waals surface area contributed by atoms with Crippen LogP contribution in [0.2, 0.25) is 0 Å². The van der Waals surface area contributed by atoms with Gasteiger partial charge in [0.05, 0.1) is 35.3 Å². The minimum absolute atomic E-state index is 0.153. The number of nitrogens with zero attached hydrogens (tertiary/aromatic N) is 4. The van der Waals surface area contributed by atoms with Crippen LogP contribution in [0.5, 0.6) is 0 Å². The van der Waals surface area contributed by atoms with Crippen molar-refractivity contribution >= 4 is 38.4 Å². The molecular weight excluding hydrogens is 407 g/mol. The summed E-state index contributed by atoms with van der Waals surface area (Å²) in [5.41, 5.74) is 4.32. The van der Waals surface area contributed by atoms with E-state index < -0.39 is 5.82 Å². The van der Waals surface area contributed by atoms with Crippen LogP contribution >= 0.6 is 27.5 Å². The molecule has 0 saturated carbocycles. The zero-order valence-corrected chi connectivity index (χ0v) is 15.0. The second kappa shape index (κ2) is 6.10. The molecule has 25 heavy (non-hydrogen) atoms. The van der Waals surface area contributed by atoms with Crippen LogP contribution in [0.4, 0.5) is 10.1 Å². The number of aliphatic imine (C=N–C) groups is 1. The molecule has 3 heterocycles. The molecule has 1 aliphatic heterocycles. The predicted octanol–water partition coefficient (Wildman–Crippen LogP) is 5.00. The average Bonchev–Trinajstić information content (AvgIpc) is 2.98. The van der Waals surface area contributed by atoms with Crippen LogP contribution in [0.25, 0.3) is 11.1 Å². The Balaban J connectivity index is 1.80. The molecule has 0 atom stereocenters. The lowest BCUT2D eigenvalue weighted by Crippen LogP contribution is -2.04. The first kappa shape index (κ1) is 16.0. The van der Waals surface area contributed by atoms with Crippen molar-refractivity contribution in [3.05, 3.63) is 70.0 Å². The van der Waals surface area contributed by atoms with Crippen LogP contribution in [0, 0.1) is 17.1 Å². The molecule has 0 amide bonds. The lowest BCUT2D eigenvalue weighted by Gasteiger charge is -2.06. The SMILES string of the molecule is N#Cc1ccc(-c2cc3n(c2)Cc2nc(Br)c(F)cc2N=C3Cl)cc1. The molecule has 0 bridgehead atoms. The number of pyridine rings is 1. The lowest BCUT2D eigenvalue weighted by molar-refractivity contribution is 0.609. The van der Waals surface area contributed by atoms with Gasteiger partial charge in [0.15, 0.2) is 11.0 Å². The number of hydrogen-bond donors (Lipinski definition) is 0. The summed E-state index contributed by atoms with van der Waals surface area (Å²) in [6.07, 6.45) is 1.95. The molecule has 0 fully saturated rings. The van der Waals surface area contributed by atoms with Gasteiger partial charge in [0.2, 0.25) is 0 Å². The molecule has 0 aliphatic carbocycles. The molecule has 4 nitrogen and oxygen atoms in total. The van der Waals surface area contributed by atoms with E-state index in [2.05, 4.69) is 32.0 Å². The Hall–Kier alpha value is -2.49. The van der Waals surface area contributed by atoms with Crippen LogP contribution in [-0.4, -0.2) is 14.7 Å². The first-order valence-electron chi connectivity index (χ1n) is 7.35. The molecule has 0 spiro atoms. The van der Waals surface area contributed by atoms with Gasteiger partial charge in [-0.1, -0.05) is 23.7 Å². The van der Waals surface area contributed by atoms with Gasteiger partial charge in [0.25, 0.3) is 0 Å². The molecule has 1 aliphatic rings. The van der Waals surface area contributed by atoms with E-state index in [1.54, 1.807) is 12.1 Å². The summed E-state index contributed by atoms with van der Waals surface area (Å²) < 4.78 is 15.8. The Morgan fingerprint density at radius 2 is 1.96 bits per heavy atom. The predicted molar refractivity (Wildman–Crippen MR) is 97.6 cm³/mol. The van der Waals surface area contributed by atoms with Gasteiger partial charge in [0, 0.05) is 17.8 Å². The van der Waals surface area contributed by atoms with E-state index in [1.807, 2.05) is 29.0 Å². The number of rotatable bonds is 1. The van der Waals surface area contributed by atoms with Crippen molar-refractivity contribution < 1.29 is 4.39 Å². The number of hydrogen-bond acceptors (Lipinski definition) is 3. The van der Waals surface area contributed by atoms with E-state index in [0.29, 0.717) is 23.5 Å². The lowest BCUT2D eigenvalue weighted by atomic mass is 10.1. The molecular formula is C18H9BrClFN4. The maximum Gasteiger partial charge on any atom is 0.158 e. The normalized spacial score (nSPS) is 12.6. The fraction of sp³-hybridized carbons (Fsp3) is 0.0556. The van der Waals surface area contributed by atoms with Crippen molar-refractivity contribution in [2.45, 2.75) is 6.54 Å². The third-order valence-corrected chi connectivity index (χ3v) is 4.82. The largest absolute Gasteiger partial charge is 0.339 e. The Bertz CT molecular complexity index is 1060. The molecule has 2 aromatic heterocycles. The highest BCUT2D eigenvalue weighted by Crippen LogP contribution is 2.31. The van der Waals surface area contributed by atoms with Gasteiger partial charge in [-0.05, 0) is 39.7 Å². The van der Waals surface area contributed by atoms with Crippen molar-refractivity contribution in [2.24, 2.45) is 4.99 Å². The topological polar surface area (TPSA) is 54.0 Å². The Labute approximate surface area is 156 Å². The van der Waals surface area contributed by atoms with E-state index in [0.717, 1.165) is 16.8 Å². The summed E-state index contributed by atoms with van der Waals surface area (Å²) in [6, 6.07) is 12.7. The molecule has 0 radical (unpaired) electrons. The van der Waals surface area contributed by atoms with Gasteiger partial charge in [-0.25, -0.2) is 14.4 Å².